The highest BCUT2D eigenvalue weighted by molar-refractivity contribution is 5.95. The fraction of sp³-hybridized carbons (Fsp3) is 0.550. The Hall–Kier alpha value is -2.77. The van der Waals surface area contributed by atoms with Crippen LogP contribution in [0.2, 0.25) is 0 Å². The van der Waals surface area contributed by atoms with E-state index in [-0.39, 0.29) is 13.2 Å². The van der Waals surface area contributed by atoms with Crippen molar-refractivity contribution in [2.24, 2.45) is 0 Å². The monoisotopic (exact) mass is 392 g/mol. The molecule has 28 heavy (non-hydrogen) atoms. The molecule has 8 heteroatoms. The van der Waals surface area contributed by atoms with Gasteiger partial charge in [0.1, 0.15) is 17.9 Å². The summed E-state index contributed by atoms with van der Waals surface area (Å²) >= 11 is 0. The van der Waals surface area contributed by atoms with Crippen molar-refractivity contribution in [3.63, 3.8) is 0 Å². The lowest BCUT2D eigenvalue weighted by atomic mass is 9.99. The van der Waals surface area contributed by atoms with Crippen LogP contribution in [0.5, 0.6) is 5.75 Å². The fourth-order valence-electron chi connectivity index (χ4n) is 2.82. The molecule has 0 radical (unpaired) electrons. The van der Waals surface area contributed by atoms with Crippen molar-refractivity contribution < 1.29 is 28.6 Å². The van der Waals surface area contributed by atoms with Gasteiger partial charge in [0.05, 0.1) is 12.3 Å². The number of aryl methyl sites for hydroxylation is 2. The molecule has 0 aliphatic carbocycles. The summed E-state index contributed by atoms with van der Waals surface area (Å²) in [7, 11) is 0. The zero-order valence-corrected chi connectivity index (χ0v) is 17.0. The predicted octanol–water partition coefficient (Wildman–Crippen LogP) is 2.71. The van der Waals surface area contributed by atoms with Crippen molar-refractivity contribution in [2.45, 2.75) is 59.2 Å². The number of alkyl carbamates (subject to hydrolysis) is 1. The van der Waals surface area contributed by atoms with Crippen LogP contribution in [0.1, 0.15) is 45.2 Å². The first-order chi connectivity index (χ1) is 13.1. The third kappa shape index (κ3) is 6.14. The first-order valence-corrected chi connectivity index (χ1v) is 9.32. The summed E-state index contributed by atoms with van der Waals surface area (Å²) in [5.41, 5.74) is 1.68. The minimum absolute atomic E-state index is 0.251. The van der Waals surface area contributed by atoms with Crippen molar-refractivity contribution in [2.75, 3.05) is 18.5 Å². The maximum absolute atomic E-state index is 12.3. The Labute approximate surface area is 164 Å². The van der Waals surface area contributed by atoms with Gasteiger partial charge in [-0.25, -0.2) is 9.59 Å². The Morgan fingerprint density at radius 2 is 1.96 bits per heavy atom. The maximum atomic E-state index is 12.3. The average Bonchev–Trinajstić information content (AvgIpc) is 2.58. The number of amides is 2. The van der Waals surface area contributed by atoms with E-state index in [0.717, 1.165) is 11.1 Å². The lowest BCUT2D eigenvalue weighted by molar-refractivity contribution is -0.152. The lowest BCUT2D eigenvalue weighted by Gasteiger charge is -2.27. The van der Waals surface area contributed by atoms with Gasteiger partial charge < -0.3 is 24.8 Å². The summed E-state index contributed by atoms with van der Waals surface area (Å²) < 4.78 is 16.0. The van der Waals surface area contributed by atoms with Crippen molar-refractivity contribution in [1.82, 2.24) is 5.32 Å². The number of ether oxygens (including phenoxy) is 3. The van der Waals surface area contributed by atoms with Gasteiger partial charge in [0.2, 0.25) is 5.91 Å². The third-order valence-corrected chi connectivity index (χ3v) is 3.86. The van der Waals surface area contributed by atoms with Crippen LogP contribution in [0.3, 0.4) is 0 Å². The van der Waals surface area contributed by atoms with Crippen LogP contribution in [0.4, 0.5) is 10.5 Å². The number of carbonyl (C=O) groups is 3. The van der Waals surface area contributed by atoms with Crippen LogP contribution in [0.25, 0.3) is 0 Å². The molecule has 1 unspecified atom stereocenters. The Morgan fingerprint density at radius 1 is 1.25 bits per heavy atom. The molecule has 0 spiro atoms. The smallest absolute Gasteiger partial charge is 0.408 e. The molecule has 0 saturated carbocycles. The van der Waals surface area contributed by atoms with Crippen molar-refractivity contribution in [3.8, 4) is 5.75 Å². The second-order valence-corrected chi connectivity index (χ2v) is 7.60. The summed E-state index contributed by atoms with van der Waals surface area (Å²) in [6, 6.07) is 3.73. The van der Waals surface area contributed by atoms with E-state index in [4.69, 9.17) is 14.2 Å². The van der Waals surface area contributed by atoms with E-state index >= 15 is 0 Å². The summed E-state index contributed by atoms with van der Waals surface area (Å²) in [4.78, 5) is 36.0. The molecule has 0 bridgehead atoms. The Balaban J connectivity index is 2.06. The van der Waals surface area contributed by atoms with Crippen LogP contribution >= 0.6 is 0 Å². The number of hydrogen-bond acceptors (Lipinski definition) is 6. The number of fused-ring (bicyclic) bond motifs is 1. The van der Waals surface area contributed by atoms with E-state index in [1.807, 2.05) is 13.0 Å². The molecule has 1 aromatic rings. The number of hydrogen-bond donors (Lipinski definition) is 2. The number of esters is 1. The molecule has 1 aromatic carbocycles. The zero-order valence-electron chi connectivity index (χ0n) is 17.0. The average molecular weight is 392 g/mol. The van der Waals surface area contributed by atoms with Gasteiger partial charge in [-0.3, -0.25) is 4.79 Å². The summed E-state index contributed by atoms with van der Waals surface area (Å²) in [6.07, 6.45) is -0.221. The molecule has 0 aromatic heterocycles. The standard InChI is InChI=1S/C20H28N2O6/c1-6-26-18(24)15-8-7-13-9-12(2)10-14(17(13)27-15)22-16(23)11-21-19(25)28-20(3,4)5/h9-10,15H,6-8,11H2,1-5H3,(H,21,25)(H,22,23). The van der Waals surface area contributed by atoms with E-state index in [2.05, 4.69) is 10.6 Å². The molecule has 2 rings (SSSR count). The summed E-state index contributed by atoms with van der Waals surface area (Å²) in [5.74, 6) is -0.390. The van der Waals surface area contributed by atoms with Gasteiger partial charge in [-0.15, -0.1) is 0 Å². The molecule has 0 fully saturated rings. The van der Waals surface area contributed by atoms with Gasteiger partial charge >= 0.3 is 12.1 Å². The number of rotatable bonds is 5. The second-order valence-electron chi connectivity index (χ2n) is 7.60. The van der Waals surface area contributed by atoms with Crippen molar-refractivity contribution >= 4 is 23.7 Å². The third-order valence-electron chi connectivity index (χ3n) is 3.86. The van der Waals surface area contributed by atoms with E-state index in [9.17, 15) is 14.4 Å². The van der Waals surface area contributed by atoms with Crippen LogP contribution in [0, 0.1) is 6.92 Å². The number of anilines is 1. The quantitative estimate of drug-likeness (QED) is 0.747. The normalized spacial score (nSPS) is 15.7. The molecule has 1 atom stereocenters. The topological polar surface area (TPSA) is 103 Å². The van der Waals surface area contributed by atoms with Gasteiger partial charge in [0.15, 0.2) is 6.10 Å². The fourth-order valence-corrected chi connectivity index (χ4v) is 2.82. The largest absolute Gasteiger partial charge is 0.476 e. The van der Waals surface area contributed by atoms with Gasteiger partial charge in [0, 0.05) is 0 Å². The molecule has 1 aliphatic rings. The number of nitrogens with one attached hydrogen (secondary N) is 2. The summed E-state index contributed by atoms with van der Waals surface area (Å²) in [5, 5.41) is 5.14. The van der Waals surface area contributed by atoms with Gasteiger partial charge in [-0.1, -0.05) is 6.07 Å². The Morgan fingerprint density at radius 3 is 2.61 bits per heavy atom. The maximum Gasteiger partial charge on any atom is 0.408 e. The van der Waals surface area contributed by atoms with Crippen LogP contribution < -0.4 is 15.4 Å². The van der Waals surface area contributed by atoms with Crippen LogP contribution in [-0.4, -0.2) is 42.8 Å². The highest BCUT2D eigenvalue weighted by Gasteiger charge is 2.29. The molecule has 0 saturated heterocycles. The molecular weight excluding hydrogens is 364 g/mol. The van der Waals surface area contributed by atoms with Gasteiger partial charge in [-0.2, -0.15) is 0 Å². The Kier molecular flexibility index (Phi) is 6.88. The molecule has 2 N–H and O–H groups in total. The Bertz CT molecular complexity index is 754. The van der Waals surface area contributed by atoms with E-state index in [0.29, 0.717) is 24.3 Å². The zero-order chi connectivity index (χ0) is 20.9. The first-order valence-electron chi connectivity index (χ1n) is 9.32. The van der Waals surface area contributed by atoms with Gasteiger partial charge in [-0.05, 0) is 64.7 Å². The van der Waals surface area contributed by atoms with E-state index in [1.54, 1.807) is 33.8 Å². The SMILES string of the molecule is CCOC(=O)C1CCc2cc(C)cc(NC(=O)CNC(=O)OC(C)(C)C)c2O1. The molecule has 1 aliphatic heterocycles. The minimum Gasteiger partial charge on any atom is -0.476 e. The highest BCUT2D eigenvalue weighted by atomic mass is 16.6. The molecular formula is C20H28N2O6. The van der Waals surface area contributed by atoms with Gasteiger partial charge in [0.25, 0.3) is 0 Å². The molecule has 2 amide bonds. The minimum atomic E-state index is -0.703. The lowest BCUT2D eigenvalue weighted by Crippen LogP contribution is -2.37. The second kappa shape index (κ2) is 8.95. The first kappa shape index (κ1) is 21.5. The number of benzene rings is 1. The number of carbonyl (C=O) groups excluding carboxylic acids is 3. The molecule has 1 heterocycles. The molecule has 8 nitrogen and oxygen atoms in total. The van der Waals surface area contributed by atoms with E-state index in [1.165, 1.54) is 0 Å². The van der Waals surface area contributed by atoms with Crippen molar-refractivity contribution in [3.05, 3.63) is 23.3 Å². The predicted molar refractivity (Wildman–Crippen MR) is 103 cm³/mol. The van der Waals surface area contributed by atoms with Crippen LogP contribution in [0.15, 0.2) is 12.1 Å². The molecule has 154 valence electrons. The van der Waals surface area contributed by atoms with Crippen molar-refractivity contribution in [1.29, 1.82) is 0 Å². The highest BCUT2D eigenvalue weighted by Crippen LogP contribution is 2.36. The van der Waals surface area contributed by atoms with E-state index < -0.39 is 29.7 Å². The summed E-state index contributed by atoms with van der Waals surface area (Å²) in [6.45, 7) is 8.89. The van der Waals surface area contributed by atoms with Crippen LogP contribution in [-0.2, 0) is 25.5 Å².